The van der Waals surface area contributed by atoms with Crippen LogP contribution in [0, 0.1) is 19.8 Å². The fourth-order valence-corrected chi connectivity index (χ4v) is 6.89. The lowest BCUT2D eigenvalue weighted by Gasteiger charge is -2.30. The van der Waals surface area contributed by atoms with Crippen molar-refractivity contribution in [3.8, 4) is 10.7 Å². The molecule has 9 nitrogen and oxygen atoms in total. The molecule has 1 saturated carbocycles. The van der Waals surface area contributed by atoms with Crippen molar-refractivity contribution < 1.29 is 17.7 Å². The molecule has 0 aromatic carbocycles. The maximum Gasteiger partial charge on any atom is 0.244 e. The van der Waals surface area contributed by atoms with Crippen LogP contribution in [0.4, 0.5) is 5.82 Å². The van der Waals surface area contributed by atoms with Crippen molar-refractivity contribution in [1.29, 1.82) is 0 Å². The zero-order valence-corrected chi connectivity index (χ0v) is 20.1. The second-order valence-corrected chi connectivity index (χ2v) is 11.8. The van der Waals surface area contributed by atoms with E-state index in [-0.39, 0.29) is 16.7 Å². The second kappa shape index (κ2) is 8.62. The quantitative estimate of drug-likeness (QED) is 0.563. The number of carbonyl (C=O) groups excluding carboxylic acids is 1. The number of piperidine rings is 1. The molecule has 4 heterocycles. The maximum atomic E-state index is 13.3. The van der Waals surface area contributed by atoms with Crippen molar-refractivity contribution in [3.63, 3.8) is 0 Å². The van der Waals surface area contributed by atoms with Crippen LogP contribution in [0.2, 0.25) is 0 Å². The first-order chi connectivity index (χ1) is 15.8. The van der Waals surface area contributed by atoms with E-state index in [1.54, 1.807) is 25.3 Å². The summed E-state index contributed by atoms with van der Waals surface area (Å²) in [6.07, 6.45) is 4.73. The predicted molar refractivity (Wildman–Crippen MR) is 123 cm³/mol. The van der Waals surface area contributed by atoms with Gasteiger partial charge in [-0.1, -0.05) is 11.2 Å². The summed E-state index contributed by atoms with van der Waals surface area (Å²) in [4.78, 5) is 22.9. The van der Waals surface area contributed by atoms with Crippen molar-refractivity contribution >= 4 is 33.1 Å². The standard InChI is InChI=1S/C22H25N5O4S2/c1-13-3-6-19(23-12-13)24-21(28)15-7-9-27(10-8-15)33(29,30)18-11-17(32-14(18)2)20-25-22(31-26-20)16-4-5-16/h3,6,11-12,15-16H,4-5,7-10H2,1-2H3,(H,23,24,28). The lowest BCUT2D eigenvalue weighted by molar-refractivity contribution is -0.120. The molecule has 11 heteroatoms. The Labute approximate surface area is 196 Å². The van der Waals surface area contributed by atoms with Gasteiger partial charge in [0.05, 0.1) is 9.77 Å². The number of pyridine rings is 1. The first-order valence-corrected chi connectivity index (χ1v) is 13.2. The summed E-state index contributed by atoms with van der Waals surface area (Å²) in [6, 6.07) is 5.29. The largest absolute Gasteiger partial charge is 0.339 e. The number of aryl methyl sites for hydroxylation is 2. The van der Waals surface area contributed by atoms with E-state index in [9.17, 15) is 13.2 Å². The van der Waals surface area contributed by atoms with Crippen LogP contribution in [0.1, 0.15) is 47.9 Å². The minimum Gasteiger partial charge on any atom is -0.339 e. The average molecular weight is 488 g/mol. The van der Waals surface area contributed by atoms with Gasteiger partial charge in [0.2, 0.25) is 27.6 Å². The number of thiophene rings is 1. The van der Waals surface area contributed by atoms with Gasteiger partial charge in [0, 0.05) is 36.0 Å². The van der Waals surface area contributed by atoms with Crippen LogP contribution >= 0.6 is 11.3 Å². The highest BCUT2D eigenvalue weighted by molar-refractivity contribution is 7.89. The average Bonchev–Trinajstić information content (AvgIpc) is 3.39. The van der Waals surface area contributed by atoms with Crippen molar-refractivity contribution in [3.05, 3.63) is 40.7 Å². The predicted octanol–water partition coefficient (Wildman–Crippen LogP) is 3.73. The molecule has 5 rings (SSSR count). The van der Waals surface area contributed by atoms with Crippen LogP contribution in [0.25, 0.3) is 10.7 Å². The van der Waals surface area contributed by atoms with E-state index in [0.717, 1.165) is 18.4 Å². The van der Waals surface area contributed by atoms with Crippen LogP contribution < -0.4 is 5.32 Å². The number of nitrogens with one attached hydrogen (secondary N) is 1. The zero-order valence-electron chi connectivity index (χ0n) is 18.4. The van der Waals surface area contributed by atoms with Gasteiger partial charge in [0.1, 0.15) is 5.82 Å². The molecule has 1 amide bonds. The summed E-state index contributed by atoms with van der Waals surface area (Å²) in [5, 5.41) is 6.86. The van der Waals surface area contributed by atoms with E-state index < -0.39 is 10.0 Å². The number of nitrogens with zero attached hydrogens (tertiary/aromatic N) is 4. The van der Waals surface area contributed by atoms with Crippen molar-refractivity contribution in [2.75, 3.05) is 18.4 Å². The van der Waals surface area contributed by atoms with Crippen LogP contribution in [0.5, 0.6) is 0 Å². The minimum absolute atomic E-state index is 0.124. The third-order valence-corrected chi connectivity index (χ3v) is 9.27. The van der Waals surface area contributed by atoms with Crippen molar-refractivity contribution in [2.24, 2.45) is 5.92 Å². The highest BCUT2D eigenvalue weighted by atomic mass is 32.2. The molecule has 2 aliphatic rings. The molecule has 0 bridgehead atoms. The SMILES string of the molecule is Cc1ccc(NC(=O)C2CCN(S(=O)(=O)c3cc(-c4noc(C5CC5)n4)sc3C)CC2)nc1. The Kier molecular flexibility index (Phi) is 5.79. The van der Waals surface area contributed by atoms with Crippen molar-refractivity contribution in [1.82, 2.24) is 19.4 Å². The van der Waals surface area contributed by atoms with Crippen molar-refractivity contribution in [2.45, 2.75) is 50.3 Å². The Morgan fingerprint density at radius 2 is 1.94 bits per heavy atom. The summed E-state index contributed by atoms with van der Waals surface area (Å²) in [7, 11) is -3.68. The second-order valence-electron chi connectivity index (χ2n) is 8.65. The van der Waals surface area contributed by atoms with Gasteiger partial charge in [0.25, 0.3) is 0 Å². The summed E-state index contributed by atoms with van der Waals surface area (Å²) in [5.41, 5.74) is 1.01. The lowest BCUT2D eigenvalue weighted by atomic mass is 9.97. The Balaban J connectivity index is 1.25. The molecule has 174 valence electrons. The van der Waals surface area contributed by atoms with Gasteiger partial charge in [-0.05, 0) is 57.2 Å². The summed E-state index contributed by atoms with van der Waals surface area (Å²) >= 11 is 1.35. The van der Waals surface area contributed by atoms with E-state index in [2.05, 4.69) is 20.4 Å². The van der Waals surface area contributed by atoms with Crippen LogP contribution in [-0.2, 0) is 14.8 Å². The first kappa shape index (κ1) is 22.2. The van der Waals surface area contributed by atoms with E-state index in [4.69, 9.17) is 4.52 Å². The number of hydrogen-bond acceptors (Lipinski definition) is 8. The smallest absolute Gasteiger partial charge is 0.244 e. The summed E-state index contributed by atoms with van der Waals surface area (Å²) in [6.45, 7) is 4.30. The number of sulfonamides is 1. The molecule has 1 saturated heterocycles. The fourth-order valence-electron chi connectivity index (χ4n) is 3.93. The molecular weight excluding hydrogens is 462 g/mol. The van der Waals surface area contributed by atoms with E-state index in [1.165, 1.54) is 15.6 Å². The topological polar surface area (TPSA) is 118 Å². The number of rotatable bonds is 6. The molecule has 0 radical (unpaired) electrons. The van der Waals surface area contributed by atoms with Gasteiger partial charge in [-0.15, -0.1) is 11.3 Å². The number of amides is 1. The highest BCUT2D eigenvalue weighted by Gasteiger charge is 2.35. The third-order valence-electron chi connectivity index (χ3n) is 6.07. The summed E-state index contributed by atoms with van der Waals surface area (Å²) in [5.74, 6) is 1.54. The first-order valence-electron chi connectivity index (χ1n) is 11.0. The molecule has 2 fully saturated rings. The van der Waals surface area contributed by atoms with Crippen LogP contribution in [-0.4, -0.2) is 46.8 Å². The van der Waals surface area contributed by atoms with Crippen LogP contribution in [0.15, 0.2) is 33.8 Å². The molecule has 0 atom stereocenters. The Morgan fingerprint density at radius 1 is 1.18 bits per heavy atom. The maximum absolute atomic E-state index is 13.3. The monoisotopic (exact) mass is 487 g/mol. The van der Waals surface area contributed by atoms with Gasteiger partial charge < -0.3 is 9.84 Å². The van der Waals surface area contributed by atoms with Gasteiger partial charge in [-0.25, -0.2) is 13.4 Å². The molecular formula is C22H25N5O4S2. The molecule has 3 aromatic rings. The molecule has 0 unspecified atom stereocenters. The number of aromatic nitrogens is 3. The molecule has 1 N–H and O–H groups in total. The highest BCUT2D eigenvalue weighted by Crippen LogP contribution is 2.41. The van der Waals surface area contributed by atoms with Gasteiger partial charge >= 0.3 is 0 Å². The lowest BCUT2D eigenvalue weighted by Crippen LogP contribution is -2.41. The van der Waals surface area contributed by atoms with E-state index in [0.29, 0.717) is 59.1 Å². The zero-order chi connectivity index (χ0) is 23.2. The van der Waals surface area contributed by atoms with E-state index in [1.807, 2.05) is 13.0 Å². The fraction of sp³-hybridized carbons (Fsp3) is 0.455. The number of anilines is 1. The number of hydrogen-bond donors (Lipinski definition) is 1. The Morgan fingerprint density at radius 3 is 2.61 bits per heavy atom. The number of carbonyl (C=O) groups is 1. The molecule has 0 spiro atoms. The van der Waals surface area contributed by atoms with Crippen LogP contribution in [0.3, 0.4) is 0 Å². The molecule has 33 heavy (non-hydrogen) atoms. The summed E-state index contributed by atoms with van der Waals surface area (Å²) < 4.78 is 33.5. The van der Waals surface area contributed by atoms with Gasteiger partial charge in [-0.2, -0.15) is 9.29 Å². The third kappa shape index (κ3) is 4.57. The Hall–Kier alpha value is -2.63. The minimum atomic E-state index is -3.68. The molecule has 3 aromatic heterocycles. The normalized spacial score (nSPS) is 17.9. The van der Waals surface area contributed by atoms with Gasteiger partial charge in [0.15, 0.2) is 0 Å². The molecule has 1 aliphatic carbocycles. The van der Waals surface area contributed by atoms with Gasteiger partial charge in [-0.3, -0.25) is 4.79 Å². The Bertz CT molecular complexity index is 1270. The molecule has 1 aliphatic heterocycles. The van der Waals surface area contributed by atoms with E-state index >= 15 is 0 Å².